The number of nitrogens with zero attached hydrogens (tertiary/aromatic N) is 3. The van der Waals surface area contributed by atoms with E-state index in [4.69, 9.17) is 20.9 Å². The summed E-state index contributed by atoms with van der Waals surface area (Å²) < 4.78 is 10.7. The van der Waals surface area contributed by atoms with Crippen molar-refractivity contribution in [2.75, 3.05) is 11.5 Å². The number of halogens is 1. The van der Waals surface area contributed by atoms with Gasteiger partial charge in [0, 0.05) is 5.02 Å². The number of ether oxygens (including phenoxy) is 1. The smallest absolute Gasteiger partial charge is 0.265 e. The Morgan fingerprint density at radius 3 is 2.76 bits per heavy atom. The standard InChI is InChI=1S/C18H14ClN3O3/c19-13-7-5-12(6-8-13)9-17-20-16(21-25-17)10-22-14-3-1-2-4-15(14)24-11-18(22)23/h1-8H,9-11H2. The van der Waals surface area contributed by atoms with Crippen molar-refractivity contribution in [2.24, 2.45) is 0 Å². The summed E-state index contributed by atoms with van der Waals surface area (Å²) in [6.07, 6.45) is 0.512. The summed E-state index contributed by atoms with van der Waals surface area (Å²) in [5, 5.41) is 4.66. The Labute approximate surface area is 149 Å². The number of amides is 1. The molecule has 1 aliphatic heterocycles. The van der Waals surface area contributed by atoms with Crippen LogP contribution < -0.4 is 9.64 Å². The molecule has 126 valence electrons. The molecule has 0 saturated heterocycles. The first-order valence-electron chi connectivity index (χ1n) is 7.77. The molecule has 4 rings (SSSR count). The molecule has 2 aromatic carbocycles. The fourth-order valence-corrected chi connectivity index (χ4v) is 2.80. The number of carbonyl (C=O) groups excluding carboxylic acids is 1. The van der Waals surface area contributed by atoms with Crippen LogP contribution in [0.1, 0.15) is 17.3 Å². The number of carbonyl (C=O) groups is 1. The molecule has 0 aliphatic carbocycles. The highest BCUT2D eigenvalue weighted by Crippen LogP contribution is 2.32. The van der Waals surface area contributed by atoms with Crippen LogP contribution in [0, 0.1) is 0 Å². The van der Waals surface area contributed by atoms with Gasteiger partial charge in [0.25, 0.3) is 5.91 Å². The lowest BCUT2D eigenvalue weighted by atomic mass is 10.1. The molecule has 0 spiro atoms. The topological polar surface area (TPSA) is 68.5 Å². The molecule has 0 radical (unpaired) electrons. The van der Waals surface area contributed by atoms with Gasteiger partial charge in [-0.15, -0.1) is 0 Å². The van der Waals surface area contributed by atoms with Crippen LogP contribution in [0.3, 0.4) is 0 Å². The average Bonchev–Trinajstić information content (AvgIpc) is 3.07. The first-order valence-corrected chi connectivity index (χ1v) is 8.15. The number of anilines is 1. The molecule has 1 aromatic heterocycles. The Morgan fingerprint density at radius 2 is 1.92 bits per heavy atom. The zero-order chi connectivity index (χ0) is 17.2. The van der Waals surface area contributed by atoms with Gasteiger partial charge in [-0.1, -0.05) is 41.0 Å². The molecule has 0 saturated carbocycles. The normalized spacial score (nSPS) is 13.5. The SMILES string of the molecule is O=C1COc2ccccc2N1Cc1noc(Cc2ccc(Cl)cc2)n1. The van der Waals surface area contributed by atoms with Crippen molar-refractivity contribution >= 4 is 23.2 Å². The minimum atomic E-state index is -0.136. The molecule has 0 atom stereocenters. The van der Waals surface area contributed by atoms with Gasteiger partial charge in [0.1, 0.15) is 5.75 Å². The van der Waals surface area contributed by atoms with Crippen LogP contribution >= 0.6 is 11.6 Å². The van der Waals surface area contributed by atoms with Gasteiger partial charge in [-0.2, -0.15) is 4.98 Å². The van der Waals surface area contributed by atoms with Crippen LogP contribution in [-0.2, 0) is 17.8 Å². The monoisotopic (exact) mass is 355 g/mol. The predicted molar refractivity (Wildman–Crippen MR) is 91.7 cm³/mol. The number of rotatable bonds is 4. The average molecular weight is 356 g/mol. The van der Waals surface area contributed by atoms with Crippen LogP contribution in [0.15, 0.2) is 53.1 Å². The van der Waals surface area contributed by atoms with E-state index in [1.807, 2.05) is 48.5 Å². The van der Waals surface area contributed by atoms with Crippen molar-refractivity contribution in [1.82, 2.24) is 10.1 Å². The van der Waals surface area contributed by atoms with E-state index in [0.717, 1.165) is 5.56 Å². The van der Waals surface area contributed by atoms with E-state index in [2.05, 4.69) is 10.1 Å². The number of benzene rings is 2. The number of aromatic nitrogens is 2. The Balaban J connectivity index is 1.51. The number of hydrogen-bond acceptors (Lipinski definition) is 5. The van der Waals surface area contributed by atoms with E-state index in [1.54, 1.807) is 4.90 Å². The van der Waals surface area contributed by atoms with Gasteiger partial charge in [-0.3, -0.25) is 9.69 Å². The van der Waals surface area contributed by atoms with Crippen molar-refractivity contribution < 1.29 is 14.1 Å². The quantitative estimate of drug-likeness (QED) is 0.718. The van der Waals surface area contributed by atoms with Crippen LogP contribution in [-0.4, -0.2) is 22.7 Å². The maximum atomic E-state index is 12.2. The third-order valence-corrected chi connectivity index (χ3v) is 4.14. The van der Waals surface area contributed by atoms with E-state index >= 15 is 0 Å². The molecule has 0 bridgehead atoms. The summed E-state index contributed by atoms with van der Waals surface area (Å²) in [5.41, 5.74) is 1.73. The van der Waals surface area contributed by atoms with Gasteiger partial charge < -0.3 is 9.26 Å². The Kier molecular flexibility index (Phi) is 4.11. The van der Waals surface area contributed by atoms with Gasteiger partial charge in [-0.05, 0) is 29.8 Å². The first-order chi connectivity index (χ1) is 12.2. The summed E-state index contributed by atoms with van der Waals surface area (Å²) in [4.78, 5) is 18.2. The largest absolute Gasteiger partial charge is 0.482 e. The fraction of sp³-hybridized carbons (Fsp3) is 0.167. The van der Waals surface area contributed by atoms with E-state index in [-0.39, 0.29) is 19.1 Å². The molecule has 1 amide bonds. The van der Waals surface area contributed by atoms with E-state index in [9.17, 15) is 4.79 Å². The summed E-state index contributed by atoms with van der Waals surface area (Å²) in [7, 11) is 0. The molecule has 0 fully saturated rings. The first kappa shape index (κ1) is 15.7. The zero-order valence-electron chi connectivity index (χ0n) is 13.2. The van der Waals surface area contributed by atoms with Crippen LogP contribution in [0.5, 0.6) is 5.75 Å². The van der Waals surface area contributed by atoms with Crippen molar-refractivity contribution in [3.8, 4) is 5.75 Å². The Morgan fingerprint density at radius 1 is 1.12 bits per heavy atom. The molecule has 7 heteroatoms. The molecule has 6 nitrogen and oxygen atoms in total. The van der Waals surface area contributed by atoms with Crippen LogP contribution in [0.4, 0.5) is 5.69 Å². The minimum absolute atomic E-state index is 0.00645. The summed E-state index contributed by atoms with van der Waals surface area (Å²) in [6, 6.07) is 14.8. The lowest BCUT2D eigenvalue weighted by Crippen LogP contribution is -2.38. The fourth-order valence-electron chi connectivity index (χ4n) is 2.67. The number of fused-ring (bicyclic) bond motifs is 1. The highest BCUT2D eigenvalue weighted by Gasteiger charge is 2.26. The van der Waals surface area contributed by atoms with Gasteiger partial charge in [0.2, 0.25) is 5.89 Å². The molecular weight excluding hydrogens is 342 g/mol. The second-order valence-electron chi connectivity index (χ2n) is 5.64. The van der Waals surface area contributed by atoms with Crippen LogP contribution in [0.2, 0.25) is 5.02 Å². The second-order valence-corrected chi connectivity index (χ2v) is 6.08. The highest BCUT2D eigenvalue weighted by molar-refractivity contribution is 6.30. The molecule has 25 heavy (non-hydrogen) atoms. The zero-order valence-corrected chi connectivity index (χ0v) is 13.9. The Bertz CT molecular complexity index is 908. The molecule has 0 N–H and O–H groups in total. The molecular formula is C18H14ClN3O3. The minimum Gasteiger partial charge on any atom is -0.482 e. The molecule has 0 unspecified atom stereocenters. The van der Waals surface area contributed by atoms with Crippen molar-refractivity contribution in [1.29, 1.82) is 0 Å². The summed E-state index contributed by atoms with van der Waals surface area (Å²) in [5.74, 6) is 1.48. The Hall–Kier alpha value is -2.86. The molecule has 2 heterocycles. The molecule has 1 aliphatic rings. The third-order valence-electron chi connectivity index (χ3n) is 3.89. The number of hydrogen-bond donors (Lipinski definition) is 0. The maximum Gasteiger partial charge on any atom is 0.265 e. The number of para-hydroxylation sites is 2. The van der Waals surface area contributed by atoms with E-state index in [1.165, 1.54) is 0 Å². The highest BCUT2D eigenvalue weighted by atomic mass is 35.5. The second kappa shape index (κ2) is 6.57. The van der Waals surface area contributed by atoms with Gasteiger partial charge in [0.05, 0.1) is 18.7 Å². The summed E-state index contributed by atoms with van der Waals surface area (Å²) in [6.45, 7) is 0.246. The van der Waals surface area contributed by atoms with E-state index in [0.29, 0.717) is 34.6 Å². The summed E-state index contributed by atoms with van der Waals surface area (Å²) >= 11 is 5.88. The lowest BCUT2D eigenvalue weighted by molar-refractivity contribution is -0.121. The van der Waals surface area contributed by atoms with Gasteiger partial charge >= 0.3 is 0 Å². The van der Waals surface area contributed by atoms with Crippen LogP contribution in [0.25, 0.3) is 0 Å². The van der Waals surface area contributed by atoms with Gasteiger partial charge in [-0.25, -0.2) is 0 Å². The van der Waals surface area contributed by atoms with Crippen molar-refractivity contribution in [3.05, 3.63) is 70.8 Å². The predicted octanol–water partition coefficient (Wildman–Crippen LogP) is 3.24. The lowest BCUT2D eigenvalue weighted by Gasteiger charge is -2.28. The third kappa shape index (κ3) is 3.34. The van der Waals surface area contributed by atoms with Gasteiger partial charge in [0.15, 0.2) is 12.4 Å². The molecule has 3 aromatic rings. The van der Waals surface area contributed by atoms with Crippen molar-refractivity contribution in [3.63, 3.8) is 0 Å². The van der Waals surface area contributed by atoms with E-state index < -0.39 is 0 Å². The van der Waals surface area contributed by atoms with Crippen molar-refractivity contribution in [2.45, 2.75) is 13.0 Å². The maximum absolute atomic E-state index is 12.2.